The molecule has 0 bridgehead atoms. The molecule has 0 radical (unpaired) electrons. The van der Waals surface area contributed by atoms with Gasteiger partial charge in [-0.05, 0) is 24.6 Å². The van der Waals surface area contributed by atoms with Gasteiger partial charge >= 0.3 is 5.97 Å². The monoisotopic (exact) mass is 261 g/mol. The summed E-state index contributed by atoms with van der Waals surface area (Å²) in [5.41, 5.74) is 3.00. The molecule has 0 aliphatic rings. The average molecular weight is 261 g/mol. The molecule has 1 atom stereocenters. The maximum Gasteiger partial charge on any atom is 0.310 e. The molecule has 1 aromatic carbocycles. The highest BCUT2D eigenvalue weighted by atomic mass is 16.5. The zero-order chi connectivity index (χ0) is 13.8. The zero-order valence-electron chi connectivity index (χ0n) is 11.5. The number of esters is 1. The lowest BCUT2D eigenvalue weighted by atomic mass is 10.1. The lowest BCUT2D eigenvalue weighted by Gasteiger charge is -2.14. The van der Waals surface area contributed by atoms with E-state index in [1.54, 1.807) is 6.33 Å². The van der Waals surface area contributed by atoms with E-state index in [2.05, 4.69) is 10.3 Å². The van der Waals surface area contributed by atoms with Crippen LogP contribution in [0, 0.1) is 5.92 Å². The van der Waals surface area contributed by atoms with Gasteiger partial charge in [-0.1, -0.05) is 6.92 Å². The Labute approximate surface area is 112 Å². The molecule has 0 spiro atoms. The van der Waals surface area contributed by atoms with Crippen molar-refractivity contribution in [3.05, 3.63) is 24.5 Å². The number of aromatic nitrogens is 2. The van der Waals surface area contributed by atoms with Crippen LogP contribution in [0.25, 0.3) is 11.0 Å². The molecule has 19 heavy (non-hydrogen) atoms. The smallest absolute Gasteiger partial charge is 0.310 e. The summed E-state index contributed by atoms with van der Waals surface area (Å²) in [5.74, 6) is -0.293. The number of rotatable bonds is 5. The molecule has 0 aliphatic carbocycles. The molecule has 0 saturated heterocycles. The van der Waals surface area contributed by atoms with Crippen molar-refractivity contribution in [3.63, 3.8) is 0 Å². The molecule has 5 nitrogen and oxygen atoms in total. The second-order valence-electron chi connectivity index (χ2n) is 4.57. The number of methoxy groups -OCH3 is 1. The molecule has 102 valence electrons. The summed E-state index contributed by atoms with van der Waals surface area (Å²) in [7, 11) is 3.39. The lowest BCUT2D eigenvalue weighted by Crippen LogP contribution is -2.23. The van der Waals surface area contributed by atoms with Crippen LogP contribution in [-0.4, -0.2) is 29.2 Å². The number of benzene rings is 1. The van der Waals surface area contributed by atoms with E-state index in [1.165, 1.54) is 7.11 Å². The number of nitrogens with one attached hydrogen (secondary N) is 1. The van der Waals surface area contributed by atoms with Crippen LogP contribution in [0.1, 0.15) is 13.3 Å². The third-order valence-corrected chi connectivity index (χ3v) is 3.31. The SMILES string of the molecule is CCC(CNc1ccc2c(c1)ncn2C)C(=O)OC. The summed E-state index contributed by atoms with van der Waals surface area (Å²) >= 11 is 0. The van der Waals surface area contributed by atoms with E-state index in [4.69, 9.17) is 4.74 Å². The predicted molar refractivity (Wildman–Crippen MR) is 75.0 cm³/mol. The van der Waals surface area contributed by atoms with Crippen molar-refractivity contribution in [3.8, 4) is 0 Å². The zero-order valence-corrected chi connectivity index (χ0v) is 11.5. The highest BCUT2D eigenvalue weighted by molar-refractivity contribution is 5.79. The standard InChI is InChI=1S/C14H19N3O2/c1-4-10(14(18)19-3)8-15-11-5-6-13-12(7-11)16-9-17(13)2/h5-7,9-10,15H,4,8H2,1-3H3. The van der Waals surface area contributed by atoms with Crippen LogP contribution in [0.2, 0.25) is 0 Å². The minimum atomic E-state index is -0.172. The van der Waals surface area contributed by atoms with Crippen molar-refractivity contribution in [1.29, 1.82) is 0 Å². The van der Waals surface area contributed by atoms with E-state index in [0.29, 0.717) is 6.54 Å². The van der Waals surface area contributed by atoms with Crippen molar-refractivity contribution in [2.75, 3.05) is 19.0 Å². The second kappa shape index (κ2) is 5.73. The number of carbonyl (C=O) groups excluding carboxylic acids is 1. The van der Waals surface area contributed by atoms with Crippen LogP contribution >= 0.6 is 0 Å². The Bertz CT molecular complexity index is 577. The van der Waals surface area contributed by atoms with Gasteiger partial charge in [0.2, 0.25) is 0 Å². The minimum Gasteiger partial charge on any atom is -0.469 e. The number of aryl methyl sites for hydroxylation is 1. The van der Waals surface area contributed by atoms with Crippen molar-refractivity contribution < 1.29 is 9.53 Å². The third-order valence-electron chi connectivity index (χ3n) is 3.31. The fourth-order valence-electron chi connectivity index (χ4n) is 2.05. The third kappa shape index (κ3) is 2.86. The Morgan fingerprint density at radius 2 is 2.32 bits per heavy atom. The first-order valence-electron chi connectivity index (χ1n) is 6.38. The lowest BCUT2D eigenvalue weighted by molar-refractivity contribution is -0.145. The molecule has 2 rings (SSSR count). The fraction of sp³-hybridized carbons (Fsp3) is 0.429. The Balaban J connectivity index is 2.06. The van der Waals surface area contributed by atoms with Crippen LogP contribution in [0.5, 0.6) is 0 Å². The number of carbonyl (C=O) groups is 1. The van der Waals surface area contributed by atoms with Gasteiger partial charge in [-0.15, -0.1) is 0 Å². The molecule has 5 heteroatoms. The maximum atomic E-state index is 11.5. The molecule has 0 aliphatic heterocycles. The van der Waals surface area contributed by atoms with Crippen LogP contribution in [0.3, 0.4) is 0 Å². The summed E-state index contributed by atoms with van der Waals surface area (Å²) in [5, 5.41) is 3.26. The number of anilines is 1. The molecule has 0 amide bonds. The van der Waals surface area contributed by atoms with Crippen molar-refractivity contribution in [2.45, 2.75) is 13.3 Å². The minimum absolute atomic E-state index is 0.121. The van der Waals surface area contributed by atoms with Gasteiger partial charge in [-0.2, -0.15) is 0 Å². The molecule has 1 unspecified atom stereocenters. The Morgan fingerprint density at radius 3 is 3.00 bits per heavy atom. The van der Waals surface area contributed by atoms with E-state index < -0.39 is 0 Å². The van der Waals surface area contributed by atoms with E-state index >= 15 is 0 Å². The number of nitrogens with zero attached hydrogens (tertiary/aromatic N) is 2. The maximum absolute atomic E-state index is 11.5. The van der Waals surface area contributed by atoms with Gasteiger partial charge in [0.05, 0.1) is 30.4 Å². The number of hydrogen-bond donors (Lipinski definition) is 1. The summed E-state index contributed by atoms with van der Waals surface area (Å²) < 4.78 is 6.75. The normalized spacial score (nSPS) is 12.4. The van der Waals surface area contributed by atoms with Gasteiger partial charge < -0.3 is 14.6 Å². The number of fused-ring (bicyclic) bond motifs is 1. The molecule has 2 aromatic rings. The summed E-state index contributed by atoms with van der Waals surface area (Å²) in [6.45, 7) is 2.55. The summed E-state index contributed by atoms with van der Waals surface area (Å²) in [6.07, 6.45) is 2.54. The van der Waals surface area contributed by atoms with Crippen LogP contribution in [-0.2, 0) is 16.6 Å². The number of imidazole rings is 1. The predicted octanol–water partition coefficient (Wildman–Crippen LogP) is 2.18. The van der Waals surface area contributed by atoms with Gasteiger partial charge in [0, 0.05) is 19.3 Å². The molecule has 1 aromatic heterocycles. The molecule has 1 N–H and O–H groups in total. The van der Waals surface area contributed by atoms with Gasteiger partial charge in [0.1, 0.15) is 0 Å². The first-order valence-corrected chi connectivity index (χ1v) is 6.38. The molecular formula is C14H19N3O2. The van der Waals surface area contributed by atoms with Crippen LogP contribution in [0.4, 0.5) is 5.69 Å². The highest BCUT2D eigenvalue weighted by Crippen LogP contribution is 2.18. The molecule has 0 fully saturated rings. The quantitative estimate of drug-likeness (QED) is 0.838. The number of hydrogen-bond acceptors (Lipinski definition) is 4. The van der Waals surface area contributed by atoms with E-state index in [0.717, 1.165) is 23.1 Å². The van der Waals surface area contributed by atoms with Gasteiger partial charge in [-0.25, -0.2) is 4.98 Å². The highest BCUT2D eigenvalue weighted by Gasteiger charge is 2.16. The summed E-state index contributed by atoms with van der Waals surface area (Å²) in [4.78, 5) is 15.8. The molecule has 0 saturated carbocycles. The van der Waals surface area contributed by atoms with E-state index in [1.807, 2.05) is 36.7 Å². The largest absolute Gasteiger partial charge is 0.469 e. The second-order valence-corrected chi connectivity index (χ2v) is 4.57. The molecule has 1 heterocycles. The van der Waals surface area contributed by atoms with E-state index in [9.17, 15) is 4.79 Å². The van der Waals surface area contributed by atoms with Gasteiger partial charge in [-0.3, -0.25) is 4.79 Å². The number of ether oxygens (including phenoxy) is 1. The van der Waals surface area contributed by atoms with Crippen molar-refractivity contribution in [1.82, 2.24) is 9.55 Å². The summed E-state index contributed by atoms with van der Waals surface area (Å²) in [6, 6.07) is 6.00. The van der Waals surface area contributed by atoms with Gasteiger partial charge in [0.25, 0.3) is 0 Å². The van der Waals surface area contributed by atoms with Crippen molar-refractivity contribution in [2.24, 2.45) is 13.0 Å². The Morgan fingerprint density at radius 1 is 1.53 bits per heavy atom. The fourth-order valence-corrected chi connectivity index (χ4v) is 2.05. The Hall–Kier alpha value is -2.04. The van der Waals surface area contributed by atoms with Crippen LogP contribution in [0.15, 0.2) is 24.5 Å². The first-order chi connectivity index (χ1) is 9.15. The Kier molecular flexibility index (Phi) is 4.04. The van der Waals surface area contributed by atoms with Gasteiger partial charge in [0.15, 0.2) is 0 Å². The average Bonchev–Trinajstić information content (AvgIpc) is 2.80. The first kappa shape index (κ1) is 13.4. The van der Waals surface area contributed by atoms with Crippen LogP contribution < -0.4 is 5.32 Å². The van der Waals surface area contributed by atoms with E-state index in [-0.39, 0.29) is 11.9 Å². The topological polar surface area (TPSA) is 56.2 Å². The molecular weight excluding hydrogens is 242 g/mol. The van der Waals surface area contributed by atoms with Crippen molar-refractivity contribution >= 4 is 22.7 Å².